The minimum atomic E-state index is -0.325. The molecule has 0 saturated carbocycles. The molecule has 0 atom stereocenters. The van der Waals surface area contributed by atoms with Gasteiger partial charge in [0.15, 0.2) is 0 Å². The summed E-state index contributed by atoms with van der Waals surface area (Å²) in [4.78, 5) is 10.5. The number of aryl methyl sites for hydroxylation is 1. The van der Waals surface area contributed by atoms with Crippen molar-refractivity contribution in [2.45, 2.75) is 13.8 Å². The van der Waals surface area contributed by atoms with Crippen LogP contribution in [0, 0.1) is 13.8 Å². The Labute approximate surface area is 92.1 Å². The molecule has 11 heavy (non-hydrogen) atoms. The number of rotatable bonds is 1. The average Bonchev–Trinajstić information content (AvgIpc) is 1.95. The maximum atomic E-state index is 10.5. The Balaban J connectivity index is 0.000001000. The average molecular weight is 172 g/mol. The van der Waals surface area contributed by atoms with Crippen molar-refractivity contribution in [2.24, 2.45) is 0 Å². The van der Waals surface area contributed by atoms with Crippen LogP contribution in [-0.2, 0) is 0 Å². The first kappa shape index (κ1) is 11.4. The van der Waals surface area contributed by atoms with Gasteiger partial charge in [-0.3, -0.25) is 0 Å². The third-order valence-electron chi connectivity index (χ3n) is 1.71. The molecule has 0 amide bonds. The summed E-state index contributed by atoms with van der Waals surface area (Å²) in [6.07, 6.45) is 0. The topological polar surface area (TPSA) is 23.1 Å². The predicted octanol–water partition coefficient (Wildman–Crippen LogP) is -3.09. The van der Waals surface area contributed by atoms with E-state index in [4.69, 9.17) is 0 Å². The SMILES string of the molecule is Cc1cccc([Si][O-])c1C.[Na+]. The molecule has 0 aliphatic carbocycles. The molecule has 0 heterocycles. The van der Waals surface area contributed by atoms with Crippen molar-refractivity contribution in [3.63, 3.8) is 0 Å². The van der Waals surface area contributed by atoms with Crippen molar-refractivity contribution in [2.75, 3.05) is 0 Å². The van der Waals surface area contributed by atoms with Crippen molar-refractivity contribution in [3.05, 3.63) is 29.3 Å². The van der Waals surface area contributed by atoms with Gasteiger partial charge in [-0.1, -0.05) is 28.9 Å². The van der Waals surface area contributed by atoms with Crippen LogP contribution in [0.5, 0.6) is 0 Å². The van der Waals surface area contributed by atoms with Crippen LogP contribution < -0.4 is 39.5 Å². The molecule has 3 heteroatoms. The van der Waals surface area contributed by atoms with Gasteiger partial charge in [-0.2, -0.15) is 0 Å². The second-order valence-electron chi connectivity index (χ2n) is 2.35. The molecule has 0 N–H and O–H groups in total. The normalized spacial score (nSPS) is 9.00. The Hall–Kier alpha value is 0.397. The third-order valence-corrected chi connectivity index (χ3v) is 2.48. The Bertz CT molecular complexity index is 238. The van der Waals surface area contributed by atoms with Gasteiger partial charge in [-0.05, 0) is 29.2 Å². The first-order chi connectivity index (χ1) is 4.75. The van der Waals surface area contributed by atoms with E-state index >= 15 is 0 Å². The molecule has 0 spiro atoms. The van der Waals surface area contributed by atoms with Gasteiger partial charge >= 0.3 is 29.6 Å². The molecular formula is C8H9NaOSi. The zero-order chi connectivity index (χ0) is 7.56. The third kappa shape index (κ3) is 2.73. The molecule has 0 fully saturated rings. The largest absolute Gasteiger partial charge is 1.00 e. The smallest absolute Gasteiger partial charge is 0.860 e. The van der Waals surface area contributed by atoms with E-state index in [1.165, 1.54) is 5.56 Å². The van der Waals surface area contributed by atoms with Gasteiger partial charge in [-0.25, -0.2) is 0 Å². The quantitative estimate of drug-likeness (QED) is 0.412. The van der Waals surface area contributed by atoms with Crippen molar-refractivity contribution in [3.8, 4) is 0 Å². The maximum Gasteiger partial charge on any atom is 1.00 e. The van der Waals surface area contributed by atoms with Gasteiger partial charge in [0.1, 0.15) is 0 Å². The molecule has 1 nitrogen and oxygen atoms in total. The van der Waals surface area contributed by atoms with Gasteiger partial charge in [-0.15, -0.1) is 0 Å². The monoisotopic (exact) mass is 172 g/mol. The van der Waals surface area contributed by atoms with Crippen molar-refractivity contribution >= 4 is 14.9 Å². The van der Waals surface area contributed by atoms with E-state index in [0.717, 1.165) is 10.8 Å². The van der Waals surface area contributed by atoms with Gasteiger partial charge < -0.3 is 4.80 Å². The molecule has 2 radical (unpaired) electrons. The van der Waals surface area contributed by atoms with Crippen molar-refractivity contribution in [1.82, 2.24) is 0 Å². The van der Waals surface area contributed by atoms with Crippen molar-refractivity contribution < 1.29 is 34.4 Å². The summed E-state index contributed by atoms with van der Waals surface area (Å²) in [6.45, 7) is 4.02. The van der Waals surface area contributed by atoms with Gasteiger partial charge in [0, 0.05) is 0 Å². The van der Waals surface area contributed by atoms with Crippen LogP contribution in [0.1, 0.15) is 11.1 Å². The molecule has 1 rings (SSSR count). The van der Waals surface area contributed by atoms with Crippen molar-refractivity contribution in [1.29, 1.82) is 0 Å². The number of benzene rings is 1. The summed E-state index contributed by atoms with van der Waals surface area (Å²) in [5, 5.41) is 0.944. The molecule has 1 aromatic rings. The van der Waals surface area contributed by atoms with Crippen LogP contribution >= 0.6 is 0 Å². The van der Waals surface area contributed by atoms with Crippen LogP contribution in [-0.4, -0.2) is 9.76 Å². The molecule has 0 saturated heterocycles. The minimum Gasteiger partial charge on any atom is -0.860 e. The fourth-order valence-corrected chi connectivity index (χ4v) is 1.38. The summed E-state index contributed by atoms with van der Waals surface area (Å²) >= 11 is 0. The summed E-state index contributed by atoms with van der Waals surface area (Å²) in [5.74, 6) is 0. The van der Waals surface area contributed by atoms with Gasteiger partial charge in [0.2, 0.25) is 0 Å². The van der Waals surface area contributed by atoms with Gasteiger partial charge in [0.25, 0.3) is 0 Å². The van der Waals surface area contributed by atoms with E-state index in [9.17, 15) is 4.80 Å². The van der Waals surface area contributed by atoms with E-state index < -0.39 is 0 Å². The van der Waals surface area contributed by atoms with Crippen LogP contribution in [0.25, 0.3) is 0 Å². The molecule has 0 bridgehead atoms. The predicted molar refractivity (Wildman–Crippen MR) is 41.3 cm³/mol. The number of hydrogen-bond acceptors (Lipinski definition) is 1. The van der Waals surface area contributed by atoms with Crippen LogP contribution in [0.15, 0.2) is 18.2 Å². The Kier molecular flexibility index (Phi) is 5.30. The fourth-order valence-electron chi connectivity index (χ4n) is 0.862. The first-order valence-corrected chi connectivity index (χ1v) is 4.11. The molecule has 0 aliphatic rings. The molecule has 0 unspecified atom stereocenters. The summed E-state index contributed by atoms with van der Waals surface area (Å²) in [7, 11) is -0.325. The Morgan fingerprint density at radius 2 is 1.91 bits per heavy atom. The van der Waals surface area contributed by atoms with E-state index in [-0.39, 0.29) is 39.3 Å². The standard InChI is InChI=1S/C8H9OSi.Na/c1-6-4-3-5-8(10-9)7(6)2;/h3-5H,1-2H3;/q-1;+1. The Morgan fingerprint density at radius 3 is 2.36 bits per heavy atom. The van der Waals surface area contributed by atoms with Crippen LogP contribution in [0.2, 0.25) is 0 Å². The second kappa shape index (κ2) is 5.12. The van der Waals surface area contributed by atoms with Crippen LogP contribution in [0.3, 0.4) is 0 Å². The van der Waals surface area contributed by atoms with Crippen LogP contribution in [0.4, 0.5) is 0 Å². The first-order valence-electron chi connectivity index (χ1n) is 3.20. The second-order valence-corrected chi connectivity index (χ2v) is 3.09. The molecule has 0 aliphatic heterocycles. The summed E-state index contributed by atoms with van der Waals surface area (Å²) in [5.41, 5.74) is 2.36. The molecular weight excluding hydrogens is 163 g/mol. The molecule has 52 valence electrons. The fraction of sp³-hybridized carbons (Fsp3) is 0.250. The molecule has 0 aromatic heterocycles. The maximum absolute atomic E-state index is 10.5. The van der Waals surface area contributed by atoms with E-state index in [2.05, 4.69) is 0 Å². The van der Waals surface area contributed by atoms with E-state index in [1.54, 1.807) is 0 Å². The van der Waals surface area contributed by atoms with E-state index in [0.29, 0.717) is 0 Å². The summed E-state index contributed by atoms with van der Waals surface area (Å²) in [6, 6.07) is 5.86. The van der Waals surface area contributed by atoms with E-state index in [1.807, 2.05) is 32.0 Å². The number of hydrogen-bond donors (Lipinski definition) is 0. The zero-order valence-electron chi connectivity index (χ0n) is 7.14. The zero-order valence-corrected chi connectivity index (χ0v) is 10.1. The van der Waals surface area contributed by atoms with Gasteiger partial charge in [0.05, 0.1) is 0 Å². The summed E-state index contributed by atoms with van der Waals surface area (Å²) < 4.78 is 0. The molecule has 1 aromatic carbocycles. The minimum absolute atomic E-state index is 0. The Morgan fingerprint density at radius 1 is 1.27 bits per heavy atom.